The van der Waals surface area contributed by atoms with Crippen molar-refractivity contribution in [3.63, 3.8) is 0 Å². The Bertz CT molecular complexity index is 1530. The maximum atomic E-state index is 15.2. The number of carbonyl (C=O) groups is 2. The molecule has 1 aromatic heterocycles. The number of aryl methyl sites for hydroxylation is 1. The zero-order valence-corrected chi connectivity index (χ0v) is 21.0. The number of nitrogens with zero attached hydrogens (tertiary/aromatic N) is 5. The first-order valence-corrected chi connectivity index (χ1v) is 12.0. The third-order valence-corrected chi connectivity index (χ3v) is 6.52. The molecule has 1 aliphatic heterocycles. The largest absolute Gasteiger partial charge is 0.477 e. The number of halogens is 1. The predicted octanol–water partition coefficient (Wildman–Crippen LogP) is 1.96. The summed E-state index contributed by atoms with van der Waals surface area (Å²) in [4.78, 5) is 49.6. The number of nitro groups is 1. The summed E-state index contributed by atoms with van der Waals surface area (Å²) < 4.78 is 16.8. The van der Waals surface area contributed by atoms with Crippen molar-refractivity contribution in [2.24, 2.45) is 10.8 Å². The van der Waals surface area contributed by atoms with E-state index in [-0.39, 0.29) is 11.1 Å². The van der Waals surface area contributed by atoms with Crippen molar-refractivity contribution >= 4 is 40.0 Å². The number of primary amides is 1. The Balaban J connectivity index is 1.54. The van der Waals surface area contributed by atoms with E-state index in [1.54, 1.807) is 17.6 Å². The monoisotopic (exact) mass is 539 g/mol. The molecule has 2 heterocycles. The zero-order valence-electron chi connectivity index (χ0n) is 21.0. The number of aromatic nitrogens is 1. The van der Waals surface area contributed by atoms with Gasteiger partial charge in [-0.05, 0) is 36.8 Å². The first kappa shape index (κ1) is 27.2. The van der Waals surface area contributed by atoms with Gasteiger partial charge in [0.1, 0.15) is 11.4 Å². The molecule has 0 atom stereocenters. The Morgan fingerprint density at radius 3 is 2.41 bits per heavy atom. The second-order valence-electron chi connectivity index (χ2n) is 8.89. The lowest BCUT2D eigenvalue weighted by Crippen LogP contribution is -2.48. The summed E-state index contributed by atoms with van der Waals surface area (Å²) in [6.07, 6.45) is 1.27. The highest BCUT2D eigenvalue weighted by Gasteiger charge is 2.24. The summed E-state index contributed by atoms with van der Waals surface area (Å²) in [6, 6.07) is 7.54. The molecule has 1 aliphatic rings. The third kappa shape index (κ3) is 5.85. The fourth-order valence-electron chi connectivity index (χ4n) is 4.50. The maximum absolute atomic E-state index is 15.2. The minimum atomic E-state index is -1.37. The number of rotatable bonds is 8. The number of fused-ring (bicyclic) bond motifs is 1. The molecule has 204 valence electrons. The van der Waals surface area contributed by atoms with Crippen LogP contribution in [0, 0.1) is 15.9 Å². The highest BCUT2D eigenvalue weighted by atomic mass is 19.1. The van der Waals surface area contributed by atoms with Crippen LogP contribution >= 0.6 is 0 Å². The Morgan fingerprint density at radius 2 is 1.85 bits per heavy atom. The van der Waals surface area contributed by atoms with E-state index < -0.39 is 33.7 Å². The number of urea groups is 1. The SMILES string of the molecule is CCn1cc(C(=O)O)c(=O)c2cc(F)c(N3CCN(C/C(=N/NC(N)=O)c4ccc([N+](=O)[O-])cc4)CC3)cc21. The van der Waals surface area contributed by atoms with Gasteiger partial charge in [0.05, 0.1) is 21.8 Å². The Morgan fingerprint density at radius 1 is 1.18 bits per heavy atom. The van der Waals surface area contributed by atoms with Gasteiger partial charge < -0.3 is 20.3 Å². The second-order valence-corrected chi connectivity index (χ2v) is 8.89. The predicted molar refractivity (Wildman–Crippen MR) is 142 cm³/mol. The minimum Gasteiger partial charge on any atom is -0.477 e. The first-order chi connectivity index (χ1) is 18.6. The van der Waals surface area contributed by atoms with Gasteiger partial charge in [-0.2, -0.15) is 5.10 Å². The number of amides is 2. The number of hydrogen-bond donors (Lipinski definition) is 3. The third-order valence-electron chi connectivity index (χ3n) is 6.52. The van der Waals surface area contributed by atoms with Crippen molar-refractivity contribution in [1.29, 1.82) is 0 Å². The molecule has 2 aromatic carbocycles. The summed E-state index contributed by atoms with van der Waals surface area (Å²) in [5.41, 5.74) is 7.86. The average Bonchev–Trinajstić information content (AvgIpc) is 2.91. The Kier molecular flexibility index (Phi) is 7.85. The van der Waals surface area contributed by atoms with Crippen molar-refractivity contribution in [2.45, 2.75) is 13.5 Å². The zero-order chi connectivity index (χ0) is 28.3. The van der Waals surface area contributed by atoms with Crippen LogP contribution in [0.5, 0.6) is 0 Å². The van der Waals surface area contributed by atoms with Crippen molar-refractivity contribution in [3.8, 4) is 0 Å². The lowest BCUT2D eigenvalue weighted by atomic mass is 10.1. The van der Waals surface area contributed by atoms with Gasteiger partial charge in [0.2, 0.25) is 5.43 Å². The lowest BCUT2D eigenvalue weighted by molar-refractivity contribution is -0.384. The molecule has 0 spiro atoms. The van der Waals surface area contributed by atoms with E-state index in [0.29, 0.717) is 61.7 Å². The van der Waals surface area contributed by atoms with Crippen molar-refractivity contribution in [1.82, 2.24) is 14.9 Å². The van der Waals surface area contributed by atoms with Gasteiger partial charge in [0.15, 0.2) is 0 Å². The molecule has 1 saturated heterocycles. The molecular weight excluding hydrogens is 513 g/mol. The van der Waals surface area contributed by atoms with Crippen molar-refractivity contribution in [2.75, 3.05) is 37.6 Å². The van der Waals surface area contributed by atoms with E-state index in [0.717, 1.165) is 6.07 Å². The number of hydrazone groups is 1. The number of piperazine rings is 1. The van der Waals surface area contributed by atoms with Crippen LogP contribution in [0.25, 0.3) is 10.9 Å². The molecule has 2 amide bonds. The fraction of sp³-hybridized carbons (Fsp3) is 0.280. The average molecular weight is 540 g/mol. The fourth-order valence-corrected chi connectivity index (χ4v) is 4.50. The summed E-state index contributed by atoms with van der Waals surface area (Å²) in [5, 5.41) is 24.4. The van der Waals surface area contributed by atoms with Crippen LogP contribution < -0.4 is 21.5 Å². The molecule has 4 rings (SSSR count). The number of carboxylic acids is 1. The van der Waals surface area contributed by atoms with Gasteiger partial charge in [-0.25, -0.2) is 19.4 Å². The summed E-state index contributed by atoms with van der Waals surface area (Å²) in [5.74, 6) is -2.00. The molecule has 1 fully saturated rings. The van der Waals surface area contributed by atoms with Gasteiger partial charge in [-0.3, -0.25) is 19.8 Å². The number of nitro benzene ring substituents is 1. The number of nitrogens with one attached hydrogen (secondary N) is 1. The molecule has 13 nitrogen and oxygen atoms in total. The lowest BCUT2D eigenvalue weighted by Gasteiger charge is -2.36. The van der Waals surface area contributed by atoms with E-state index >= 15 is 4.39 Å². The van der Waals surface area contributed by atoms with Gasteiger partial charge >= 0.3 is 12.0 Å². The number of anilines is 1. The van der Waals surface area contributed by atoms with E-state index in [4.69, 9.17) is 5.73 Å². The number of aromatic carboxylic acids is 1. The van der Waals surface area contributed by atoms with Gasteiger partial charge in [0, 0.05) is 63.0 Å². The standard InChI is InChI=1S/C25H26FN7O6/c1-2-31-13-18(24(35)36)23(34)17-11-19(26)22(12-21(17)31)32-9-7-30(8-10-32)14-20(28-29-25(27)37)15-3-5-16(6-4-15)33(38)39/h3-6,11-13H,2,7-10,14H2,1H3,(H,35,36)(H3,27,29,37)/b28-20-. The van der Waals surface area contributed by atoms with Crippen molar-refractivity contribution in [3.05, 3.63) is 79.9 Å². The Labute approximate surface area is 221 Å². The normalized spacial score (nSPS) is 14.4. The van der Waals surface area contributed by atoms with Crippen LogP contribution in [0.3, 0.4) is 0 Å². The van der Waals surface area contributed by atoms with Crippen LogP contribution in [0.4, 0.5) is 20.6 Å². The molecule has 4 N–H and O–H groups in total. The Hall–Kier alpha value is -4.85. The van der Waals surface area contributed by atoms with Crippen LogP contribution in [0.1, 0.15) is 22.8 Å². The topological polar surface area (TPSA) is 176 Å². The summed E-state index contributed by atoms with van der Waals surface area (Å²) in [6.45, 7) is 4.34. The number of hydrogen-bond acceptors (Lipinski definition) is 8. The smallest absolute Gasteiger partial charge is 0.341 e. The molecule has 0 unspecified atom stereocenters. The number of benzene rings is 2. The molecule has 3 aromatic rings. The number of pyridine rings is 1. The number of carboxylic acid groups (broad SMARTS) is 1. The van der Waals surface area contributed by atoms with E-state index in [1.165, 1.54) is 30.5 Å². The van der Waals surface area contributed by atoms with Gasteiger partial charge in [-0.15, -0.1) is 0 Å². The van der Waals surface area contributed by atoms with Crippen LogP contribution in [-0.2, 0) is 6.54 Å². The second kappa shape index (κ2) is 11.3. The molecule has 0 aliphatic carbocycles. The highest BCUT2D eigenvalue weighted by molar-refractivity contribution is 6.02. The molecule has 0 bridgehead atoms. The minimum absolute atomic E-state index is 0.00235. The van der Waals surface area contributed by atoms with E-state index in [2.05, 4.69) is 10.5 Å². The number of nitrogens with two attached hydrogens (primary N) is 1. The molecule has 39 heavy (non-hydrogen) atoms. The van der Waals surface area contributed by atoms with Crippen LogP contribution in [0.15, 0.2) is 52.5 Å². The number of non-ortho nitro benzene ring substituents is 1. The van der Waals surface area contributed by atoms with Crippen molar-refractivity contribution < 1.29 is 24.0 Å². The number of carbonyl (C=O) groups excluding carboxylic acids is 1. The van der Waals surface area contributed by atoms with Crippen LogP contribution in [0.2, 0.25) is 0 Å². The molecule has 14 heteroatoms. The summed E-state index contributed by atoms with van der Waals surface area (Å²) >= 11 is 0. The van der Waals surface area contributed by atoms with E-state index in [9.17, 15) is 29.6 Å². The summed E-state index contributed by atoms with van der Waals surface area (Å²) in [7, 11) is 0. The van der Waals surface area contributed by atoms with E-state index in [1.807, 2.05) is 9.80 Å². The van der Waals surface area contributed by atoms with Crippen LogP contribution in [-0.4, -0.2) is 69.9 Å². The first-order valence-electron chi connectivity index (χ1n) is 12.0. The van der Waals surface area contributed by atoms with Gasteiger partial charge in [0.25, 0.3) is 5.69 Å². The molecular formula is C25H26FN7O6. The van der Waals surface area contributed by atoms with Gasteiger partial charge in [-0.1, -0.05) is 0 Å². The maximum Gasteiger partial charge on any atom is 0.341 e. The molecule has 0 radical (unpaired) electrons. The quantitative estimate of drug-likeness (QED) is 0.221. The highest BCUT2D eigenvalue weighted by Crippen LogP contribution is 2.26. The molecule has 0 saturated carbocycles.